The van der Waals surface area contributed by atoms with Gasteiger partial charge >= 0.3 is 0 Å². The maximum atomic E-state index is 12.3. The minimum absolute atomic E-state index is 0.182. The lowest BCUT2D eigenvalue weighted by Crippen LogP contribution is -2.30. The van der Waals surface area contributed by atoms with Crippen LogP contribution >= 0.6 is 22.6 Å². The second kappa shape index (κ2) is 9.07. The molecule has 0 bridgehead atoms. The fourth-order valence-electron chi connectivity index (χ4n) is 2.16. The molecule has 1 atom stereocenters. The Hall–Kier alpha value is -1.55. The van der Waals surface area contributed by atoms with Crippen molar-refractivity contribution in [2.75, 3.05) is 13.2 Å². The van der Waals surface area contributed by atoms with Crippen molar-refractivity contribution in [3.63, 3.8) is 0 Å². The third-order valence-corrected chi connectivity index (χ3v) is 4.16. The van der Waals surface area contributed by atoms with Gasteiger partial charge < -0.3 is 10.2 Å². The first kappa shape index (κ1) is 18.8. The third kappa shape index (κ3) is 5.23. The van der Waals surface area contributed by atoms with E-state index in [1.165, 1.54) is 0 Å². The number of aliphatic hydroxyl groups excluding tert-OH is 2. The van der Waals surface area contributed by atoms with Crippen LogP contribution in [0.4, 0.5) is 0 Å². The van der Waals surface area contributed by atoms with Crippen LogP contribution in [0, 0.1) is 10.5 Å². The average molecular weight is 442 g/mol. The van der Waals surface area contributed by atoms with Crippen LogP contribution in [-0.4, -0.2) is 40.4 Å². The number of hydrogen-bond acceptors (Lipinski definition) is 5. The van der Waals surface area contributed by atoms with Crippen LogP contribution in [0.3, 0.4) is 0 Å². The number of hydrogen-bond donors (Lipinski definition) is 3. The van der Waals surface area contributed by atoms with Crippen LogP contribution in [-0.2, 0) is 11.3 Å². The number of aromatic nitrogens is 1. The molecule has 3 N–H and O–H groups in total. The first-order valence-corrected chi connectivity index (χ1v) is 8.48. The Morgan fingerprint density at radius 3 is 2.88 bits per heavy atom. The number of carbonyl (C=O) groups excluding carboxylic acids is 1. The molecule has 2 aromatic rings. The van der Waals surface area contributed by atoms with Gasteiger partial charge in [0.1, 0.15) is 12.7 Å². The molecule has 0 unspecified atom stereocenters. The number of aryl methyl sites for hydroxylation is 1. The Kier molecular flexibility index (Phi) is 7.10. The molecule has 0 saturated heterocycles. The van der Waals surface area contributed by atoms with Gasteiger partial charge in [-0.05, 0) is 64.4 Å². The summed E-state index contributed by atoms with van der Waals surface area (Å²) < 4.78 is 1.16. The first-order valence-electron chi connectivity index (χ1n) is 7.40. The van der Waals surface area contributed by atoms with Gasteiger partial charge in [0.25, 0.3) is 5.91 Å². The molecule has 6 nitrogen and oxygen atoms in total. The maximum absolute atomic E-state index is 12.3. The quantitative estimate of drug-likeness (QED) is 0.448. The molecule has 0 saturated carbocycles. The number of hydroxylamine groups is 1. The maximum Gasteiger partial charge on any atom is 0.275 e. The zero-order valence-corrected chi connectivity index (χ0v) is 15.4. The van der Waals surface area contributed by atoms with Crippen molar-refractivity contribution < 1.29 is 19.8 Å². The smallest absolute Gasteiger partial charge is 0.275 e. The van der Waals surface area contributed by atoms with Crippen molar-refractivity contribution in [2.45, 2.75) is 19.4 Å². The van der Waals surface area contributed by atoms with Gasteiger partial charge in [-0.25, -0.2) is 5.48 Å². The van der Waals surface area contributed by atoms with E-state index >= 15 is 0 Å². The monoisotopic (exact) mass is 442 g/mol. The van der Waals surface area contributed by atoms with E-state index in [0.29, 0.717) is 12.0 Å². The molecule has 0 aliphatic carbocycles. The lowest BCUT2D eigenvalue weighted by molar-refractivity contribution is -0.0295. The van der Waals surface area contributed by atoms with Gasteiger partial charge in [0.15, 0.2) is 0 Å². The standard InChI is InChI=1S/C17H19IN2O4/c1-11-6-14(18)3-2-12(11)7-13-8-19-5-4-16(13)17(23)20-24-10-15(22)9-21/h2-6,8,15,21-22H,7,9-10H2,1H3,(H,20,23)/t15-/m0/s1. The largest absolute Gasteiger partial charge is 0.394 e. The molecule has 0 aliphatic rings. The van der Waals surface area contributed by atoms with Crippen molar-refractivity contribution >= 4 is 28.5 Å². The predicted octanol–water partition coefficient (Wildman–Crippen LogP) is 1.60. The van der Waals surface area contributed by atoms with Crippen LogP contribution in [0.5, 0.6) is 0 Å². The van der Waals surface area contributed by atoms with Gasteiger partial charge in [-0.3, -0.25) is 14.6 Å². The number of nitrogens with one attached hydrogen (secondary N) is 1. The summed E-state index contributed by atoms with van der Waals surface area (Å²) in [6.45, 7) is 1.42. The minimum atomic E-state index is -1.03. The second-order valence-electron chi connectivity index (χ2n) is 5.36. The number of carbonyl (C=O) groups is 1. The molecule has 0 aliphatic heterocycles. The van der Waals surface area contributed by atoms with Crippen LogP contribution in [0.25, 0.3) is 0 Å². The van der Waals surface area contributed by atoms with Crippen LogP contribution < -0.4 is 5.48 Å². The highest BCUT2D eigenvalue weighted by molar-refractivity contribution is 14.1. The lowest BCUT2D eigenvalue weighted by atomic mass is 9.98. The Morgan fingerprint density at radius 1 is 1.38 bits per heavy atom. The zero-order valence-electron chi connectivity index (χ0n) is 13.2. The fraction of sp³-hybridized carbons (Fsp3) is 0.294. The van der Waals surface area contributed by atoms with Gasteiger partial charge in [-0.1, -0.05) is 6.07 Å². The van der Waals surface area contributed by atoms with Gasteiger partial charge in [0.05, 0.1) is 6.61 Å². The molecule has 128 valence electrons. The first-order chi connectivity index (χ1) is 11.5. The fourth-order valence-corrected chi connectivity index (χ4v) is 2.81. The Balaban J connectivity index is 2.10. The SMILES string of the molecule is Cc1cc(I)ccc1Cc1cnccc1C(=O)NOC[C@@H](O)CO. The summed E-state index contributed by atoms with van der Waals surface area (Å²) >= 11 is 2.26. The molecule has 1 heterocycles. The number of aliphatic hydroxyl groups is 2. The number of rotatable bonds is 7. The van der Waals surface area contributed by atoms with Crippen molar-refractivity contribution in [1.29, 1.82) is 0 Å². The Bertz CT molecular complexity index is 709. The molecule has 7 heteroatoms. The second-order valence-corrected chi connectivity index (χ2v) is 6.60. The van der Waals surface area contributed by atoms with Gasteiger partial charge in [-0.15, -0.1) is 0 Å². The highest BCUT2D eigenvalue weighted by Gasteiger charge is 2.13. The van der Waals surface area contributed by atoms with Gasteiger partial charge in [0.2, 0.25) is 0 Å². The number of halogens is 1. The van der Waals surface area contributed by atoms with Crippen LogP contribution in [0.2, 0.25) is 0 Å². The Labute approximate surface area is 154 Å². The van der Waals surface area contributed by atoms with E-state index < -0.39 is 18.6 Å². The summed E-state index contributed by atoms with van der Waals surface area (Å²) in [6, 6.07) is 7.78. The molecule has 2 rings (SSSR count). The molecule has 24 heavy (non-hydrogen) atoms. The molecule has 1 aromatic carbocycles. The third-order valence-electron chi connectivity index (χ3n) is 3.49. The highest BCUT2D eigenvalue weighted by Crippen LogP contribution is 2.18. The summed E-state index contributed by atoms with van der Waals surface area (Å²) in [7, 11) is 0. The zero-order chi connectivity index (χ0) is 17.5. The predicted molar refractivity (Wildman–Crippen MR) is 97.4 cm³/mol. The average Bonchev–Trinajstić information content (AvgIpc) is 2.57. The molecule has 0 radical (unpaired) electrons. The van der Waals surface area contributed by atoms with Crippen molar-refractivity contribution in [3.05, 3.63) is 62.5 Å². The van der Waals surface area contributed by atoms with E-state index in [4.69, 9.17) is 9.94 Å². The van der Waals surface area contributed by atoms with E-state index in [0.717, 1.165) is 20.3 Å². The lowest BCUT2D eigenvalue weighted by Gasteiger charge is -2.12. The molecule has 0 fully saturated rings. The summed E-state index contributed by atoms with van der Waals surface area (Å²) in [5.74, 6) is -0.416. The molecular formula is C17H19IN2O4. The van der Waals surface area contributed by atoms with Crippen LogP contribution in [0.15, 0.2) is 36.7 Å². The molecule has 0 spiro atoms. The summed E-state index contributed by atoms with van der Waals surface area (Å²) in [5.41, 5.74) is 5.79. The number of pyridine rings is 1. The number of benzene rings is 1. The van der Waals surface area contributed by atoms with Gasteiger partial charge in [-0.2, -0.15) is 0 Å². The summed E-state index contributed by atoms with van der Waals surface area (Å²) in [5, 5.41) is 17.9. The van der Waals surface area contributed by atoms with E-state index in [1.807, 2.05) is 19.1 Å². The van der Waals surface area contributed by atoms with Crippen molar-refractivity contribution in [1.82, 2.24) is 10.5 Å². The normalized spacial score (nSPS) is 12.0. The van der Waals surface area contributed by atoms with Crippen molar-refractivity contribution in [2.24, 2.45) is 0 Å². The number of nitrogens with zero attached hydrogens (tertiary/aromatic N) is 1. The molecule has 1 aromatic heterocycles. The van der Waals surface area contributed by atoms with E-state index in [1.54, 1.807) is 18.5 Å². The van der Waals surface area contributed by atoms with E-state index in [-0.39, 0.29) is 6.61 Å². The van der Waals surface area contributed by atoms with E-state index in [2.05, 4.69) is 39.1 Å². The highest BCUT2D eigenvalue weighted by atomic mass is 127. The van der Waals surface area contributed by atoms with Crippen molar-refractivity contribution in [3.8, 4) is 0 Å². The topological polar surface area (TPSA) is 91.7 Å². The summed E-state index contributed by atoms with van der Waals surface area (Å²) in [6.07, 6.45) is 2.76. The van der Waals surface area contributed by atoms with E-state index in [9.17, 15) is 9.90 Å². The minimum Gasteiger partial charge on any atom is -0.394 e. The Morgan fingerprint density at radius 2 is 2.17 bits per heavy atom. The van der Waals surface area contributed by atoms with Gasteiger partial charge in [0, 0.05) is 27.9 Å². The number of amides is 1. The molecule has 1 amide bonds. The van der Waals surface area contributed by atoms with Crippen LogP contribution in [0.1, 0.15) is 27.0 Å². The summed E-state index contributed by atoms with van der Waals surface area (Å²) in [4.78, 5) is 21.3. The molecular weight excluding hydrogens is 423 g/mol.